The van der Waals surface area contributed by atoms with Gasteiger partial charge in [-0.2, -0.15) is 0 Å². The predicted molar refractivity (Wildman–Crippen MR) is 85.9 cm³/mol. The van der Waals surface area contributed by atoms with Gasteiger partial charge in [0.2, 0.25) is 0 Å². The molecule has 1 heterocycles. The predicted octanol–water partition coefficient (Wildman–Crippen LogP) is 3.06. The Morgan fingerprint density at radius 1 is 1.10 bits per heavy atom. The first kappa shape index (κ1) is 14.9. The van der Waals surface area contributed by atoms with Gasteiger partial charge in [-0.15, -0.1) is 0 Å². The summed E-state index contributed by atoms with van der Waals surface area (Å²) in [5.41, 5.74) is 1.34. The van der Waals surface area contributed by atoms with Crippen LogP contribution in [0.4, 0.5) is 0 Å². The largest absolute Gasteiger partial charge is 0.313 e. The number of benzene rings is 1. The summed E-state index contributed by atoms with van der Waals surface area (Å²) in [6.07, 6.45) is 4.97. The maximum Gasteiger partial charge on any atom is 0.0346 e. The molecule has 1 aromatic heterocycles. The van der Waals surface area contributed by atoms with Crippen LogP contribution >= 0.6 is 0 Å². The zero-order valence-electron chi connectivity index (χ0n) is 12.6. The lowest BCUT2D eigenvalue weighted by atomic mass is 10.1. The summed E-state index contributed by atoms with van der Waals surface area (Å²) in [5, 5.41) is 6.00. The summed E-state index contributed by atoms with van der Waals surface area (Å²) >= 11 is 0. The van der Waals surface area contributed by atoms with Crippen LogP contribution in [0, 0.1) is 0 Å². The summed E-state index contributed by atoms with van der Waals surface area (Å²) in [7, 11) is 0. The lowest BCUT2D eigenvalue weighted by molar-refractivity contribution is 0.298. The average Bonchev–Trinajstić information content (AvgIpc) is 2.51. The Hall–Kier alpha value is -1.45. The summed E-state index contributed by atoms with van der Waals surface area (Å²) in [6.45, 7) is 9.94. The van der Waals surface area contributed by atoms with Gasteiger partial charge in [0.1, 0.15) is 0 Å². The van der Waals surface area contributed by atoms with Crippen molar-refractivity contribution in [1.29, 1.82) is 0 Å². The Morgan fingerprint density at radius 2 is 1.95 bits per heavy atom. The summed E-state index contributed by atoms with van der Waals surface area (Å²) in [4.78, 5) is 6.60. The molecule has 0 saturated carbocycles. The van der Waals surface area contributed by atoms with Gasteiger partial charge >= 0.3 is 0 Å². The van der Waals surface area contributed by atoms with Crippen molar-refractivity contribution < 1.29 is 0 Å². The Morgan fingerprint density at radius 3 is 2.75 bits per heavy atom. The minimum Gasteiger partial charge on any atom is -0.313 e. The van der Waals surface area contributed by atoms with Crippen LogP contribution in [0.3, 0.4) is 0 Å². The van der Waals surface area contributed by atoms with E-state index in [0.29, 0.717) is 0 Å². The first-order valence-corrected chi connectivity index (χ1v) is 7.59. The van der Waals surface area contributed by atoms with Gasteiger partial charge in [0.15, 0.2) is 0 Å². The molecule has 0 radical (unpaired) electrons. The van der Waals surface area contributed by atoms with Gasteiger partial charge in [0.25, 0.3) is 0 Å². The maximum atomic E-state index is 4.14. The second kappa shape index (κ2) is 7.98. The van der Waals surface area contributed by atoms with Crippen molar-refractivity contribution in [3.63, 3.8) is 0 Å². The van der Waals surface area contributed by atoms with E-state index in [1.807, 2.05) is 12.4 Å². The molecular formula is C17H25N3. The number of rotatable bonds is 8. The van der Waals surface area contributed by atoms with Gasteiger partial charge in [-0.3, -0.25) is 4.98 Å². The van der Waals surface area contributed by atoms with E-state index in [2.05, 4.69) is 53.3 Å². The van der Waals surface area contributed by atoms with Gasteiger partial charge < -0.3 is 10.2 Å². The van der Waals surface area contributed by atoms with Gasteiger partial charge in [-0.25, -0.2) is 0 Å². The van der Waals surface area contributed by atoms with Crippen LogP contribution in [0.15, 0.2) is 36.7 Å². The van der Waals surface area contributed by atoms with E-state index in [1.54, 1.807) is 0 Å². The molecule has 0 bridgehead atoms. The molecular weight excluding hydrogens is 246 g/mol. The summed E-state index contributed by atoms with van der Waals surface area (Å²) in [6, 6.07) is 8.64. The monoisotopic (exact) mass is 271 g/mol. The highest BCUT2D eigenvalue weighted by Gasteiger charge is 1.99. The highest BCUT2D eigenvalue weighted by atomic mass is 15.1. The standard InChI is InChI=1S/C17H25N3/c1-3-20(4-2)11-5-9-18-13-15-6-7-17-14-19-10-8-16(17)12-15/h6-8,10,12,14,18H,3-5,9,11,13H2,1-2H3. The van der Waals surface area contributed by atoms with Crippen molar-refractivity contribution in [2.24, 2.45) is 0 Å². The van der Waals surface area contributed by atoms with E-state index in [1.165, 1.54) is 29.3 Å². The average molecular weight is 271 g/mol. The highest BCUT2D eigenvalue weighted by Crippen LogP contribution is 2.14. The van der Waals surface area contributed by atoms with Crippen LogP contribution in [0.5, 0.6) is 0 Å². The molecule has 3 heteroatoms. The fourth-order valence-corrected chi connectivity index (χ4v) is 2.44. The third-order valence-corrected chi connectivity index (χ3v) is 3.76. The first-order chi connectivity index (χ1) is 9.83. The van der Waals surface area contributed by atoms with E-state index in [-0.39, 0.29) is 0 Å². The zero-order valence-corrected chi connectivity index (χ0v) is 12.6. The fraction of sp³-hybridized carbons (Fsp3) is 0.471. The minimum absolute atomic E-state index is 0.941. The Labute approximate surface area is 122 Å². The molecule has 20 heavy (non-hydrogen) atoms. The third kappa shape index (κ3) is 4.29. The lowest BCUT2D eigenvalue weighted by Gasteiger charge is -2.17. The number of hydrogen-bond acceptors (Lipinski definition) is 3. The lowest BCUT2D eigenvalue weighted by Crippen LogP contribution is -2.27. The maximum absolute atomic E-state index is 4.14. The third-order valence-electron chi connectivity index (χ3n) is 3.76. The molecule has 1 aromatic carbocycles. The molecule has 0 aliphatic carbocycles. The number of pyridine rings is 1. The Bertz CT molecular complexity index is 520. The van der Waals surface area contributed by atoms with Crippen molar-refractivity contribution in [3.8, 4) is 0 Å². The molecule has 108 valence electrons. The van der Waals surface area contributed by atoms with E-state index >= 15 is 0 Å². The Balaban J connectivity index is 1.75. The summed E-state index contributed by atoms with van der Waals surface area (Å²) in [5.74, 6) is 0. The van der Waals surface area contributed by atoms with Crippen LogP contribution < -0.4 is 5.32 Å². The van der Waals surface area contributed by atoms with E-state index < -0.39 is 0 Å². The number of nitrogens with zero attached hydrogens (tertiary/aromatic N) is 2. The van der Waals surface area contributed by atoms with Crippen molar-refractivity contribution in [2.75, 3.05) is 26.2 Å². The molecule has 0 unspecified atom stereocenters. The van der Waals surface area contributed by atoms with Crippen molar-refractivity contribution in [1.82, 2.24) is 15.2 Å². The molecule has 0 aliphatic rings. The molecule has 0 atom stereocenters. The van der Waals surface area contributed by atoms with Gasteiger partial charge in [0, 0.05) is 24.3 Å². The van der Waals surface area contributed by atoms with E-state index in [4.69, 9.17) is 0 Å². The number of aromatic nitrogens is 1. The molecule has 2 aromatic rings. The van der Waals surface area contributed by atoms with Crippen LogP contribution in [-0.4, -0.2) is 36.1 Å². The zero-order chi connectivity index (χ0) is 14.2. The smallest absolute Gasteiger partial charge is 0.0346 e. The Kier molecular flexibility index (Phi) is 5.96. The topological polar surface area (TPSA) is 28.2 Å². The fourth-order valence-electron chi connectivity index (χ4n) is 2.44. The SMILES string of the molecule is CCN(CC)CCCNCc1ccc2cnccc2c1. The van der Waals surface area contributed by atoms with E-state index in [0.717, 1.165) is 26.2 Å². The number of hydrogen-bond donors (Lipinski definition) is 1. The second-order valence-electron chi connectivity index (χ2n) is 5.11. The molecule has 0 saturated heterocycles. The van der Waals surface area contributed by atoms with Crippen molar-refractivity contribution in [3.05, 3.63) is 42.2 Å². The van der Waals surface area contributed by atoms with Crippen LogP contribution in [-0.2, 0) is 6.54 Å². The number of fused-ring (bicyclic) bond motifs is 1. The van der Waals surface area contributed by atoms with E-state index in [9.17, 15) is 0 Å². The molecule has 0 fully saturated rings. The van der Waals surface area contributed by atoms with Gasteiger partial charge in [-0.05, 0) is 55.7 Å². The quantitative estimate of drug-likeness (QED) is 0.748. The normalized spacial score (nSPS) is 11.3. The second-order valence-corrected chi connectivity index (χ2v) is 5.11. The van der Waals surface area contributed by atoms with Crippen LogP contribution in [0.25, 0.3) is 10.8 Å². The number of nitrogens with one attached hydrogen (secondary N) is 1. The summed E-state index contributed by atoms with van der Waals surface area (Å²) < 4.78 is 0. The van der Waals surface area contributed by atoms with Crippen molar-refractivity contribution in [2.45, 2.75) is 26.8 Å². The minimum atomic E-state index is 0.941. The molecule has 0 amide bonds. The van der Waals surface area contributed by atoms with Crippen LogP contribution in [0.2, 0.25) is 0 Å². The highest BCUT2D eigenvalue weighted by molar-refractivity contribution is 5.81. The van der Waals surface area contributed by atoms with Crippen molar-refractivity contribution >= 4 is 10.8 Å². The molecule has 3 nitrogen and oxygen atoms in total. The first-order valence-electron chi connectivity index (χ1n) is 7.59. The molecule has 0 spiro atoms. The van der Waals surface area contributed by atoms with Gasteiger partial charge in [0.05, 0.1) is 0 Å². The van der Waals surface area contributed by atoms with Crippen LogP contribution in [0.1, 0.15) is 25.8 Å². The molecule has 1 N–H and O–H groups in total. The van der Waals surface area contributed by atoms with Gasteiger partial charge in [-0.1, -0.05) is 26.0 Å². The molecule has 2 rings (SSSR count). The molecule has 0 aliphatic heterocycles.